The lowest BCUT2D eigenvalue weighted by molar-refractivity contribution is -0.136. The highest BCUT2D eigenvalue weighted by atomic mass is 79.9. The van der Waals surface area contributed by atoms with E-state index in [1.807, 2.05) is 6.07 Å². The Bertz CT molecular complexity index is 1140. The maximum absolute atomic E-state index is 13.4. The summed E-state index contributed by atoms with van der Waals surface area (Å²) in [4.78, 5) is 27.5. The van der Waals surface area contributed by atoms with E-state index in [1.165, 1.54) is 24.3 Å². The van der Waals surface area contributed by atoms with Crippen molar-refractivity contribution in [2.24, 2.45) is 0 Å². The Kier molecular flexibility index (Phi) is 5.60. The van der Waals surface area contributed by atoms with Gasteiger partial charge < -0.3 is 23.9 Å². The third kappa shape index (κ3) is 3.73. The number of furan rings is 1. The van der Waals surface area contributed by atoms with E-state index >= 15 is 0 Å². The predicted molar refractivity (Wildman–Crippen MR) is 116 cm³/mol. The fourth-order valence-electron chi connectivity index (χ4n) is 3.77. The minimum absolute atomic E-state index is 0.0936. The van der Waals surface area contributed by atoms with E-state index in [4.69, 9.17) is 13.9 Å². The molecule has 1 amide bonds. The van der Waals surface area contributed by atoms with Crippen LogP contribution in [0.4, 0.5) is 5.69 Å². The molecule has 1 aliphatic heterocycles. The van der Waals surface area contributed by atoms with Crippen LogP contribution >= 0.6 is 15.9 Å². The van der Waals surface area contributed by atoms with Gasteiger partial charge >= 0.3 is 0 Å². The number of carbonyl (C=O) groups excluding carboxylic acids is 2. The zero-order valence-electron chi connectivity index (χ0n) is 16.9. The molecular formula is C23H20BrNO6. The van der Waals surface area contributed by atoms with E-state index in [0.29, 0.717) is 27.2 Å². The van der Waals surface area contributed by atoms with E-state index in [2.05, 4.69) is 15.9 Å². The van der Waals surface area contributed by atoms with Gasteiger partial charge in [-0.25, -0.2) is 0 Å². The molecule has 3 aromatic rings. The van der Waals surface area contributed by atoms with Gasteiger partial charge in [-0.1, -0.05) is 22.0 Å². The van der Waals surface area contributed by atoms with Gasteiger partial charge in [0.25, 0.3) is 5.91 Å². The van der Waals surface area contributed by atoms with E-state index in [1.54, 1.807) is 43.5 Å². The molecule has 4 rings (SSSR count). The largest absolute Gasteiger partial charge is 0.493 e. The number of nitrogens with zero attached hydrogens (tertiary/aromatic N) is 1. The minimum atomic E-state index is -2.00. The number of hydrogen-bond acceptors (Lipinski definition) is 6. The fourth-order valence-corrected chi connectivity index (χ4v) is 4.13. The third-order valence-corrected chi connectivity index (χ3v) is 5.79. The van der Waals surface area contributed by atoms with Crippen LogP contribution in [0.1, 0.15) is 28.1 Å². The van der Waals surface area contributed by atoms with Crippen LogP contribution in [0.3, 0.4) is 0 Å². The van der Waals surface area contributed by atoms with Crippen LogP contribution in [0.5, 0.6) is 11.5 Å². The number of methoxy groups -OCH3 is 2. The Hall–Kier alpha value is -3.10. The normalized spacial score (nSPS) is 17.5. The number of fused-ring (bicyclic) bond motifs is 1. The van der Waals surface area contributed by atoms with Gasteiger partial charge in [0.1, 0.15) is 0 Å². The molecule has 0 saturated carbocycles. The van der Waals surface area contributed by atoms with Gasteiger partial charge in [0.15, 0.2) is 22.9 Å². The second-order valence-electron chi connectivity index (χ2n) is 7.18. The fraction of sp³-hybridized carbons (Fsp3) is 0.217. The van der Waals surface area contributed by atoms with Crippen molar-refractivity contribution in [3.8, 4) is 11.5 Å². The number of rotatable bonds is 7. The summed E-state index contributed by atoms with van der Waals surface area (Å²) in [7, 11) is 3.08. The summed E-state index contributed by atoms with van der Waals surface area (Å²) in [5.74, 6) is 0.168. The molecular weight excluding hydrogens is 466 g/mol. The minimum Gasteiger partial charge on any atom is -0.493 e. The number of aliphatic hydroxyl groups is 1. The Morgan fingerprint density at radius 2 is 1.90 bits per heavy atom. The Balaban J connectivity index is 1.70. The number of Topliss-reactive ketones (excluding diaryl/α,β-unsaturated/α-hetero) is 1. The van der Waals surface area contributed by atoms with Crippen molar-refractivity contribution in [3.63, 3.8) is 0 Å². The zero-order valence-corrected chi connectivity index (χ0v) is 18.5. The van der Waals surface area contributed by atoms with E-state index in [-0.39, 0.29) is 12.3 Å². The van der Waals surface area contributed by atoms with Gasteiger partial charge in [-0.2, -0.15) is 0 Å². The van der Waals surface area contributed by atoms with Crippen molar-refractivity contribution >= 4 is 33.3 Å². The lowest BCUT2D eigenvalue weighted by Crippen LogP contribution is -2.41. The first kappa shape index (κ1) is 21.1. The summed E-state index contributed by atoms with van der Waals surface area (Å²) in [6, 6.07) is 13.6. The molecule has 0 bridgehead atoms. The maximum atomic E-state index is 13.4. The highest BCUT2D eigenvalue weighted by Crippen LogP contribution is 2.45. The van der Waals surface area contributed by atoms with Gasteiger partial charge in [0.2, 0.25) is 5.78 Å². The van der Waals surface area contributed by atoms with Crippen molar-refractivity contribution in [1.29, 1.82) is 0 Å². The molecule has 1 aliphatic rings. The smallest absolute Gasteiger partial charge is 0.264 e. The molecule has 0 saturated heterocycles. The standard InChI is InChI=1S/C23H20BrNO6/c1-29-20-8-5-14(10-21(20)30-2)13-25-17-7-6-15(24)11-16(17)23(28,22(25)27)12-18(26)19-4-3-9-31-19/h3-11,28H,12-13H2,1-2H3. The average molecular weight is 486 g/mol. The number of ketones is 1. The van der Waals surface area contributed by atoms with Gasteiger partial charge in [-0.05, 0) is 48.0 Å². The Morgan fingerprint density at radius 1 is 1.13 bits per heavy atom. The highest BCUT2D eigenvalue weighted by Gasteiger charge is 2.51. The Morgan fingerprint density at radius 3 is 2.58 bits per heavy atom. The van der Waals surface area contributed by atoms with Crippen LogP contribution in [0, 0.1) is 0 Å². The van der Waals surface area contributed by atoms with E-state index in [9.17, 15) is 14.7 Å². The summed E-state index contributed by atoms with van der Waals surface area (Å²) in [6.45, 7) is 0.186. The van der Waals surface area contributed by atoms with Crippen LogP contribution < -0.4 is 14.4 Å². The monoisotopic (exact) mass is 485 g/mol. The van der Waals surface area contributed by atoms with Gasteiger partial charge in [0.05, 0.1) is 39.1 Å². The third-order valence-electron chi connectivity index (χ3n) is 5.29. The average Bonchev–Trinajstić information content (AvgIpc) is 3.37. The highest BCUT2D eigenvalue weighted by molar-refractivity contribution is 9.10. The number of hydrogen-bond donors (Lipinski definition) is 1. The van der Waals surface area contributed by atoms with Crippen LogP contribution in [-0.2, 0) is 16.9 Å². The van der Waals surface area contributed by atoms with Crippen molar-refractivity contribution in [2.75, 3.05) is 19.1 Å². The second kappa shape index (κ2) is 8.20. The summed E-state index contributed by atoms with van der Waals surface area (Å²) in [5, 5.41) is 11.4. The number of halogens is 1. The molecule has 1 aromatic heterocycles. The topological polar surface area (TPSA) is 89.2 Å². The molecule has 160 valence electrons. The number of anilines is 1. The molecule has 0 fully saturated rings. The first-order valence-electron chi connectivity index (χ1n) is 9.49. The van der Waals surface area contributed by atoms with E-state index < -0.39 is 23.7 Å². The maximum Gasteiger partial charge on any atom is 0.264 e. The summed E-state index contributed by atoms with van der Waals surface area (Å²) >= 11 is 3.39. The number of ether oxygens (including phenoxy) is 2. The van der Waals surface area contributed by atoms with Gasteiger partial charge in [-0.3, -0.25) is 9.59 Å². The molecule has 1 atom stereocenters. The lowest BCUT2D eigenvalue weighted by Gasteiger charge is -2.22. The van der Waals surface area contributed by atoms with Crippen molar-refractivity contribution in [1.82, 2.24) is 0 Å². The zero-order chi connectivity index (χ0) is 22.2. The quantitative estimate of drug-likeness (QED) is 0.507. The summed E-state index contributed by atoms with van der Waals surface area (Å²) < 4.78 is 16.5. The molecule has 8 heteroatoms. The summed E-state index contributed by atoms with van der Waals surface area (Å²) in [6.07, 6.45) is 0.951. The van der Waals surface area contributed by atoms with Crippen LogP contribution in [0.25, 0.3) is 0 Å². The van der Waals surface area contributed by atoms with Crippen LogP contribution in [0.2, 0.25) is 0 Å². The van der Waals surface area contributed by atoms with Gasteiger partial charge in [0, 0.05) is 10.0 Å². The van der Waals surface area contributed by atoms with Crippen molar-refractivity contribution in [2.45, 2.75) is 18.6 Å². The molecule has 1 unspecified atom stereocenters. The van der Waals surface area contributed by atoms with Crippen molar-refractivity contribution < 1.29 is 28.6 Å². The number of amides is 1. The predicted octanol–water partition coefficient (Wildman–Crippen LogP) is 4.07. The molecule has 2 aromatic carbocycles. The number of carbonyl (C=O) groups is 2. The second-order valence-corrected chi connectivity index (χ2v) is 8.10. The van der Waals surface area contributed by atoms with Crippen LogP contribution in [0.15, 0.2) is 63.7 Å². The molecule has 0 radical (unpaired) electrons. The molecule has 2 heterocycles. The summed E-state index contributed by atoms with van der Waals surface area (Å²) in [5.41, 5.74) is -0.314. The lowest BCUT2D eigenvalue weighted by atomic mass is 9.89. The molecule has 31 heavy (non-hydrogen) atoms. The van der Waals surface area contributed by atoms with E-state index in [0.717, 1.165) is 5.56 Å². The van der Waals surface area contributed by atoms with Crippen LogP contribution in [-0.4, -0.2) is 31.0 Å². The SMILES string of the molecule is COc1ccc(CN2C(=O)C(O)(CC(=O)c3ccco3)c3cc(Br)ccc32)cc1OC. The molecule has 0 spiro atoms. The first-order chi connectivity index (χ1) is 14.9. The molecule has 1 N–H and O–H groups in total. The van der Waals surface area contributed by atoms with Crippen molar-refractivity contribution in [3.05, 3.63) is 76.2 Å². The first-order valence-corrected chi connectivity index (χ1v) is 10.3. The number of benzene rings is 2. The van der Waals surface area contributed by atoms with Gasteiger partial charge in [-0.15, -0.1) is 0 Å². The molecule has 0 aliphatic carbocycles. The molecule has 7 nitrogen and oxygen atoms in total. The Labute approximate surface area is 187 Å².